The number of nitrogens with two attached hydrogens (primary N) is 1. The summed E-state index contributed by atoms with van der Waals surface area (Å²) in [5, 5.41) is 10.3. The Kier molecular flexibility index (Phi) is 14.0. The van der Waals surface area contributed by atoms with E-state index >= 15 is 0 Å². The minimum Gasteiger partial charge on any atom is -0.476 e. The van der Waals surface area contributed by atoms with Gasteiger partial charge in [0, 0.05) is 72.5 Å². The van der Waals surface area contributed by atoms with Crippen molar-refractivity contribution in [2.24, 2.45) is 5.73 Å². The standard InChI is InChI=1S/C26H32N4O5S.C5H8F2.CH5N/c1-26(36(3)34,25(32)28-33)11-13-30-12-10-19-16-18(4-8-22(19)24(30)31)20-5-9-23(27-17-20)35-15-14-29(2)21-6-7-21;1-4(2)5(3,6)7;1-2/h4-5,8-10,12,16-17,21,33H,6-7,11,13-15H2,1-3H3,(H,28,32);1H2,2-3H3;2H2,1H3/t26-,36?;;/m1../s1. The number of nitrogens with one attached hydrogen (secondary N) is 1. The van der Waals surface area contributed by atoms with Crippen molar-refractivity contribution in [3.8, 4) is 17.0 Å². The highest BCUT2D eigenvalue weighted by atomic mass is 32.2. The van der Waals surface area contributed by atoms with Crippen molar-refractivity contribution in [3.63, 3.8) is 0 Å². The number of carbonyl (C=O) groups is 1. The number of carbonyl (C=O) groups excluding carboxylic acids is 1. The van der Waals surface area contributed by atoms with Crippen LogP contribution in [0.3, 0.4) is 0 Å². The molecule has 0 radical (unpaired) electrons. The molecule has 4 N–H and O–H groups in total. The summed E-state index contributed by atoms with van der Waals surface area (Å²) < 4.78 is 41.6. The number of aryl methyl sites for hydroxylation is 1. The van der Waals surface area contributed by atoms with E-state index in [0.29, 0.717) is 23.9 Å². The number of hydrogen-bond acceptors (Lipinski definition) is 8. The van der Waals surface area contributed by atoms with Crippen molar-refractivity contribution in [2.45, 2.75) is 63.3 Å². The number of amides is 1. The number of alkyl halides is 2. The van der Waals surface area contributed by atoms with Crippen molar-refractivity contribution < 1.29 is 27.7 Å². The third-order valence-corrected chi connectivity index (χ3v) is 9.36. The van der Waals surface area contributed by atoms with Crippen LogP contribution in [-0.4, -0.2) is 80.0 Å². The van der Waals surface area contributed by atoms with Crippen LogP contribution in [0.5, 0.6) is 5.88 Å². The Labute approximate surface area is 265 Å². The van der Waals surface area contributed by atoms with Crippen LogP contribution in [0, 0.1) is 0 Å². The lowest BCUT2D eigenvalue weighted by Crippen LogP contribution is -2.47. The lowest BCUT2D eigenvalue weighted by atomic mass is 10.0. The molecule has 2 atom stereocenters. The lowest BCUT2D eigenvalue weighted by molar-refractivity contribution is -0.131. The van der Waals surface area contributed by atoms with Gasteiger partial charge in [-0.3, -0.25) is 19.0 Å². The van der Waals surface area contributed by atoms with E-state index in [1.165, 1.54) is 44.6 Å². The van der Waals surface area contributed by atoms with Crippen LogP contribution in [0.1, 0.15) is 40.0 Å². The molecule has 2 aromatic heterocycles. The highest BCUT2D eigenvalue weighted by Gasteiger charge is 2.37. The Bertz CT molecular complexity index is 1520. The number of ether oxygens (including phenoxy) is 1. The predicted molar refractivity (Wildman–Crippen MR) is 175 cm³/mol. The van der Waals surface area contributed by atoms with E-state index in [4.69, 9.17) is 9.94 Å². The minimum absolute atomic E-state index is 0.0903. The second-order valence-corrected chi connectivity index (χ2v) is 12.9. The molecule has 0 spiro atoms. The van der Waals surface area contributed by atoms with Crippen molar-refractivity contribution in [1.29, 1.82) is 0 Å². The van der Waals surface area contributed by atoms with Gasteiger partial charge in [-0.1, -0.05) is 12.6 Å². The van der Waals surface area contributed by atoms with Crippen molar-refractivity contribution in [1.82, 2.24) is 19.9 Å². The largest absolute Gasteiger partial charge is 0.476 e. The normalized spacial score (nSPS) is 14.7. The number of fused-ring (bicyclic) bond motifs is 1. The fourth-order valence-electron chi connectivity index (χ4n) is 4.11. The zero-order chi connectivity index (χ0) is 33.9. The first-order valence-corrected chi connectivity index (χ1v) is 16.1. The molecule has 1 aromatic carbocycles. The molecule has 0 bridgehead atoms. The second-order valence-electron chi connectivity index (χ2n) is 11.1. The first kappa shape index (κ1) is 37.7. The Morgan fingerprint density at radius 3 is 2.36 bits per heavy atom. The van der Waals surface area contributed by atoms with E-state index in [1.807, 2.05) is 30.3 Å². The van der Waals surface area contributed by atoms with E-state index in [1.54, 1.807) is 23.9 Å². The number of likely N-dealkylation sites (N-methyl/N-ethyl adjacent to an activating group) is 1. The molecule has 1 aliphatic carbocycles. The molecule has 1 aliphatic rings. The Balaban J connectivity index is 0.000000692. The molecule has 45 heavy (non-hydrogen) atoms. The quantitative estimate of drug-likeness (QED) is 0.149. The van der Waals surface area contributed by atoms with Gasteiger partial charge in [0.25, 0.3) is 17.4 Å². The van der Waals surface area contributed by atoms with Gasteiger partial charge >= 0.3 is 0 Å². The number of halogens is 2. The summed E-state index contributed by atoms with van der Waals surface area (Å²) in [4.78, 5) is 31.8. The average Bonchev–Trinajstić information content (AvgIpc) is 3.87. The Morgan fingerprint density at radius 2 is 1.84 bits per heavy atom. The topological polar surface area (TPSA) is 140 Å². The maximum atomic E-state index is 13.0. The molecule has 10 nitrogen and oxygen atoms in total. The Morgan fingerprint density at radius 1 is 1.22 bits per heavy atom. The van der Waals surface area contributed by atoms with E-state index in [0.717, 1.165) is 30.0 Å². The molecule has 4 rings (SSSR count). The molecule has 1 saturated carbocycles. The van der Waals surface area contributed by atoms with E-state index < -0.39 is 27.4 Å². The number of hydrogen-bond donors (Lipinski definition) is 3. The Hall–Kier alpha value is -3.52. The molecule has 1 amide bonds. The average molecular weight is 650 g/mol. The number of benzene rings is 1. The molecule has 3 aromatic rings. The fraction of sp³-hybridized carbons (Fsp3) is 0.469. The number of hydroxylamine groups is 1. The number of pyridine rings is 2. The molecule has 1 unspecified atom stereocenters. The van der Waals surface area contributed by atoms with Crippen LogP contribution in [0.4, 0.5) is 8.78 Å². The molecule has 0 saturated heterocycles. The van der Waals surface area contributed by atoms with E-state index in [9.17, 15) is 22.6 Å². The summed E-state index contributed by atoms with van der Waals surface area (Å²) in [5.41, 5.74) is 7.63. The maximum absolute atomic E-state index is 13.0. The van der Waals surface area contributed by atoms with Crippen LogP contribution in [0.25, 0.3) is 21.9 Å². The summed E-state index contributed by atoms with van der Waals surface area (Å²) in [6.07, 6.45) is 7.50. The number of rotatable bonds is 12. The monoisotopic (exact) mass is 649 g/mol. The SMILES string of the molecule is C=C(C)C(C)(F)F.CN.CN(CCOc1ccc(-c2ccc3c(=O)n(CC[C@](C)(C(=O)NO)S(C)=O)ccc3c2)cn1)C1CC1. The highest BCUT2D eigenvalue weighted by Crippen LogP contribution is 2.26. The van der Waals surface area contributed by atoms with Crippen LogP contribution in [0.2, 0.25) is 0 Å². The zero-order valence-corrected chi connectivity index (χ0v) is 27.6. The van der Waals surface area contributed by atoms with Gasteiger partial charge in [-0.2, -0.15) is 0 Å². The highest BCUT2D eigenvalue weighted by molar-refractivity contribution is 7.86. The smallest absolute Gasteiger partial charge is 0.266 e. The summed E-state index contributed by atoms with van der Waals surface area (Å²) >= 11 is 0. The van der Waals surface area contributed by atoms with Gasteiger partial charge in [0.05, 0.1) is 0 Å². The van der Waals surface area contributed by atoms with Crippen molar-refractivity contribution in [2.75, 3.05) is 33.5 Å². The van der Waals surface area contributed by atoms with Crippen LogP contribution >= 0.6 is 0 Å². The van der Waals surface area contributed by atoms with Crippen LogP contribution < -0.4 is 21.5 Å². The summed E-state index contributed by atoms with van der Waals surface area (Å²) in [6.45, 7) is 8.37. The van der Waals surface area contributed by atoms with Gasteiger partial charge < -0.3 is 19.9 Å². The van der Waals surface area contributed by atoms with Gasteiger partial charge in [0.2, 0.25) is 5.88 Å². The molecule has 0 aliphatic heterocycles. The predicted octanol–water partition coefficient (Wildman–Crippen LogP) is 4.36. The van der Waals surface area contributed by atoms with Gasteiger partial charge in [0.15, 0.2) is 0 Å². The number of nitrogens with zero attached hydrogens (tertiary/aromatic N) is 3. The molecular weight excluding hydrogens is 604 g/mol. The molecule has 248 valence electrons. The first-order chi connectivity index (χ1) is 21.2. The van der Waals surface area contributed by atoms with Crippen LogP contribution in [0.15, 0.2) is 65.7 Å². The summed E-state index contributed by atoms with van der Waals surface area (Å²) in [5.74, 6) is -2.85. The first-order valence-electron chi connectivity index (χ1n) is 14.5. The number of aromatic nitrogens is 2. The zero-order valence-electron chi connectivity index (χ0n) is 26.8. The maximum Gasteiger partial charge on any atom is 0.266 e. The van der Waals surface area contributed by atoms with Gasteiger partial charge in [-0.25, -0.2) is 19.2 Å². The van der Waals surface area contributed by atoms with E-state index in [2.05, 4.69) is 29.2 Å². The number of allylic oxidation sites excluding steroid dienone is 1. The second kappa shape index (κ2) is 16.7. The van der Waals surface area contributed by atoms with Gasteiger partial charge in [-0.05, 0) is 88.0 Å². The molecule has 1 fully saturated rings. The van der Waals surface area contributed by atoms with Gasteiger partial charge in [0.1, 0.15) is 11.4 Å². The lowest BCUT2D eigenvalue weighted by Gasteiger charge is -2.24. The third-order valence-electron chi connectivity index (χ3n) is 7.71. The molecular formula is C32H45F2N5O5S. The summed E-state index contributed by atoms with van der Waals surface area (Å²) in [7, 11) is 2.08. The third kappa shape index (κ3) is 10.5. The van der Waals surface area contributed by atoms with Gasteiger partial charge in [-0.15, -0.1) is 0 Å². The van der Waals surface area contributed by atoms with E-state index in [-0.39, 0.29) is 24.1 Å². The summed E-state index contributed by atoms with van der Waals surface area (Å²) in [6, 6.07) is 11.9. The molecule has 2 heterocycles. The fourth-order valence-corrected chi connectivity index (χ4v) is 4.80. The van der Waals surface area contributed by atoms with Crippen molar-refractivity contribution in [3.05, 3.63) is 71.3 Å². The van der Waals surface area contributed by atoms with Crippen molar-refractivity contribution >= 4 is 27.5 Å². The van der Waals surface area contributed by atoms with Crippen LogP contribution in [-0.2, 0) is 22.1 Å². The molecule has 13 heteroatoms. The minimum atomic E-state index is -2.69.